The maximum Gasteiger partial charge on any atom is 0.261 e. The van der Waals surface area contributed by atoms with Gasteiger partial charge in [0.15, 0.2) is 0 Å². The van der Waals surface area contributed by atoms with Crippen molar-refractivity contribution in [3.63, 3.8) is 0 Å². The Kier molecular flexibility index (Phi) is 4.72. The number of nitrogens with one attached hydrogen (secondary N) is 2. The molecule has 1 aromatic rings. The van der Waals surface area contributed by atoms with Crippen molar-refractivity contribution >= 4 is 28.2 Å². The summed E-state index contributed by atoms with van der Waals surface area (Å²) in [7, 11) is 0. The molecule has 0 bridgehead atoms. The molecule has 0 saturated heterocycles. The van der Waals surface area contributed by atoms with E-state index >= 15 is 0 Å². The normalized spacial score (nSPS) is 9.56. The van der Waals surface area contributed by atoms with Gasteiger partial charge in [0.05, 0.1) is 9.88 Å². The van der Waals surface area contributed by atoms with Crippen LogP contribution in [-0.4, -0.2) is 18.4 Å². The second-order valence-electron chi connectivity index (χ2n) is 3.18. The molecule has 0 fully saturated rings. The van der Waals surface area contributed by atoms with Crippen LogP contribution in [-0.2, 0) is 4.79 Å². The number of carbonyl (C=O) groups excluding carboxylic acids is 2. The fourth-order valence-electron chi connectivity index (χ4n) is 1.08. The number of carbonyl (C=O) groups is 2. The van der Waals surface area contributed by atoms with Crippen molar-refractivity contribution in [2.45, 2.75) is 13.3 Å². The van der Waals surface area contributed by atoms with Crippen molar-refractivity contribution in [1.29, 1.82) is 0 Å². The third-order valence-electron chi connectivity index (χ3n) is 1.76. The molecule has 5 heteroatoms. The summed E-state index contributed by atoms with van der Waals surface area (Å²) in [5.41, 5.74) is 0. The second kappa shape index (κ2) is 6.07. The van der Waals surface area contributed by atoms with E-state index in [0.29, 0.717) is 16.4 Å². The van der Waals surface area contributed by atoms with E-state index in [0.717, 1.165) is 6.42 Å². The summed E-state index contributed by atoms with van der Waals surface area (Å²) in [5, 5.41) is 6.07. The van der Waals surface area contributed by atoms with E-state index in [9.17, 15) is 9.59 Å². The molecule has 0 unspecified atom stereocenters. The maximum atomic E-state index is 11.6. The highest BCUT2D eigenvalue weighted by Gasteiger charge is 2.08. The van der Waals surface area contributed by atoms with Gasteiger partial charge >= 0.3 is 0 Å². The summed E-state index contributed by atoms with van der Waals surface area (Å²) in [6.07, 6.45) is 2.49. The minimum absolute atomic E-state index is 0.122. The highest BCUT2D eigenvalue weighted by atomic mass is 32.1. The molecule has 0 atom stereocenters. The van der Waals surface area contributed by atoms with Crippen LogP contribution in [0.2, 0.25) is 0 Å². The van der Waals surface area contributed by atoms with Crippen molar-refractivity contribution in [2.24, 2.45) is 0 Å². The molecule has 16 heavy (non-hydrogen) atoms. The van der Waals surface area contributed by atoms with Crippen molar-refractivity contribution < 1.29 is 9.59 Å². The Morgan fingerprint density at radius 1 is 1.50 bits per heavy atom. The van der Waals surface area contributed by atoms with Gasteiger partial charge in [-0.05, 0) is 18.6 Å². The van der Waals surface area contributed by atoms with Crippen LogP contribution >= 0.6 is 11.3 Å². The van der Waals surface area contributed by atoms with Crippen LogP contribution in [0.25, 0.3) is 0 Å². The minimum atomic E-state index is -0.138. The Morgan fingerprint density at radius 2 is 2.25 bits per heavy atom. The van der Waals surface area contributed by atoms with Gasteiger partial charge in [-0.25, -0.2) is 0 Å². The molecule has 86 valence electrons. The molecule has 0 aliphatic carbocycles. The van der Waals surface area contributed by atoms with E-state index in [-0.39, 0.29) is 11.8 Å². The lowest BCUT2D eigenvalue weighted by atomic mass is 10.4. The third kappa shape index (κ3) is 3.86. The molecule has 0 spiro atoms. The summed E-state index contributed by atoms with van der Waals surface area (Å²) in [4.78, 5) is 22.9. The molecule has 1 rings (SSSR count). The van der Waals surface area contributed by atoms with Gasteiger partial charge < -0.3 is 10.6 Å². The largest absolute Gasteiger partial charge is 0.351 e. The first kappa shape index (κ1) is 12.4. The van der Waals surface area contributed by atoms with Gasteiger partial charge in [-0.15, -0.1) is 17.9 Å². The molecule has 4 nitrogen and oxygen atoms in total. The fraction of sp³-hybridized carbons (Fsp3) is 0.273. The van der Waals surface area contributed by atoms with Gasteiger partial charge in [0.1, 0.15) is 0 Å². The number of amides is 2. The van der Waals surface area contributed by atoms with Crippen LogP contribution in [0.5, 0.6) is 0 Å². The van der Waals surface area contributed by atoms with E-state index in [4.69, 9.17) is 0 Å². The van der Waals surface area contributed by atoms with Crippen LogP contribution < -0.4 is 10.6 Å². The second-order valence-corrected chi connectivity index (χ2v) is 4.26. The average molecular weight is 238 g/mol. The predicted molar refractivity (Wildman–Crippen MR) is 65.8 cm³/mol. The molecule has 0 aromatic carbocycles. The zero-order valence-electron chi connectivity index (χ0n) is 9.08. The van der Waals surface area contributed by atoms with E-state index in [1.54, 1.807) is 18.2 Å². The molecular weight excluding hydrogens is 224 g/mol. The summed E-state index contributed by atoms with van der Waals surface area (Å²) in [6, 6.07) is 3.41. The smallest absolute Gasteiger partial charge is 0.261 e. The minimum Gasteiger partial charge on any atom is -0.351 e. The standard InChI is InChI=1S/C11H14N2O2S/c1-3-4-7-12-11(15)9-5-6-10(16-9)13-8(2)14/h3,5-6H,1,4,7H2,2H3,(H,12,15)(H,13,14). The third-order valence-corrected chi connectivity index (χ3v) is 2.76. The number of rotatable bonds is 5. The molecule has 0 aliphatic heterocycles. The fourth-order valence-corrected chi connectivity index (χ4v) is 1.94. The lowest BCUT2D eigenvalue weighted by molar-refractivity contribution is -0.114. The van der Waals surface area contributed by atoms with Gasteiger partial charge in [-0.2, -0.15) is 0 Å². The first-order valence-electron chi connectivity index (χ1n) is 4.90. The maximum absolute atomic E-state index is 11.6. The molecule has 2 amide bonds. The van der Waals surface area contributed by atoms with E-state index < -0.39 is 0 Å². The zero-order valence-corrected chi connectivity index (χ0v) is 9.89. The van der Waals surface area contributed by atoms with Gasteiger partial charge in [-0.3, -0.25) is 9.59 Å². The lowest BCUT2D eigenvalue weighted by Gasteiger charge is -2.00. The molecule has 0 radical (unpaired) electrons. The summed E-state index contributed by atoms with van der Waals surface area (Å²) in [6.45, 7) is 5.58. The highest BCUT2D eigenvalue weighted by Crippen LogP contribution is 2.21. The van der Waals surface area contributed by atoms with Gasteiger partial charge in [0, 0.05) is 13.5 Å². The van der Waals surface area contributed by atoms with Gasteiger partial charge in [0.25, 0.3) is 5.91 Å². The van der Waals surface area contributed by atoms with Crippen LogP contribution in [0, 0.1) is 0 Å². The Hall–Kier alpha value is -1.62. The summed E-state index contributed by atoms with van der Waals surface area (Å²) in [5.74, 6) is -0.260. The number of hydrogen-bond acceptors (Lipinski definition) is 3. The van der Waals surface area contributed by atoms with Crippen LogP contribution in [0.4, 0.5) is 5.00 Å². The zero-order chi connectivity index (χ0) is 12.0. The first-order valence-corrected chi connectivity index (χ1v) is 5.71. The van der Waals surface area contributed by atoms with Crippen LogP contribution in [0.3, 0.4) is 0 Å². The topological polar surface area (TPSA) is 58.2 Å². The van der Waals surface area contributed by atoms with Crippen molar-refractivity contribution in [2.75, 3.05) is 11.9 Å². The van der Waals surface area contributed by atoms with Crippen LogP contribution in [0.1, 0.15) is 23.0 Å². The molecular formula is C11H14N2O2S. The van der Waals surface area contributed by atoms with E-state index in [2.05, 4.69) is 17.2 Å². The SMILES string of the molecule is C=CCCNC(=O)c1ccc(NC(C)=O)s1. The summed E-state index contributed by atoms with van der Waals surface area (Å²) >= 11 is 1.26. The quantitative estimate of drug-likeness (QED) is 0.609. The predicted octanol–water partition coefficient (Wildman–Crippen LogP) is 2.01. The molecule has 1 heterocycles. The van der Waals surface area contributed by atoms with Crippen molar-refractivity contribution in [3.8, 4) is 0 Å². The Morgan fingerprint density at radius 3 is 2.88 bits per heavy atom. The Balaban J connectivity index is 2.52. The number of thiophene rings is 1. The Labute approximate surface area is 98.4 Å². The van der Waals surface area contributed by atoms with Crippen LogP contribution in [0.15, 0.2) is 24.8 Å². The molecule has 1 aromatic heterocycles. The van der Waals surface area contributed by atoms with Crippen molar-refractivity contribution in [3.05, 3.63) is 29.7 Å². The van der Waals surface area contributed by atoms with Gasteiger partial charge in [0.2, 0.25) is 5.91 Å². The molecule has 2 N–H and O–H groups in total. The highest BCUT2D eigenvalue weighted by molar-refractivity contribution is 7.18. The number of hydrogen-bond donors (Lipinski definition) is 2. The monoisotopic (exact) mass is 238 g/mol. The number of anilines is 1. The van der Waals surface area contributed by atoms with Crippen molar-refractivity contribution in [1.82, 2.24) is 5.32 Å². The average Bonchev–Trinajstić information content (AvgIpc) is 2.65. The summed E-state index contributed by atoms with van der Waals surface area (Å²) < 4.78 is 0. The molecule has 0 aliphatic rings. The van der Waals surface area contributed by atoms with Gasteiger partial charge in [-0.1, -0.05) is 6.08 Å². The molecule has 0 saturated carbocycles. The van der Waals surface area contributed by atoms with E-state index in [1.165, 1.54) is 18.3 Å². The first-order chi connectivity index (χ1) is 7.63. The van der Waals surface area contributed by atoms with E-state index in [1.807, 2.05) is 0 Å². The lowest BCUT2D eigenvalue weighted by Crippen LogP contribution is -2.23. The Bertz CT molecular complexity index is 398.